The van der Waals surface area contributed by atoms with E-state index in [0.717, 1.165) is 6.42 Å². The van der Waals surface area contributed by atoms with Gasteiger partial charge in [-0.05, 0) is 36.2 Å². The third-order valence-electron chi connectivity index (χ3n) is 5.14. The van der Waals surface area contributed by atoms with Crippen molar-refractivity contribution in [1.82, 2.24) is 4.57 Å². The van der Waals surface area contributed by atoms with Crippen LogP contribution in [0, 0.1) is 0 Å². The molecule has 0 aliphatic carbocycles. The highest BCUT2D eigenvalue weighted by Gasteiger charge is 2.16. The van der Waals surface area contributed by atoms with Crippen molar-refractivity contribution >= 4 is 53.3 Å². The maximum atomic E-state index is 2.36. The Morgan fingerprint density at radius 3 is 2.50 bits per heavy atom. The minimum atomic E-state index is 1.13. The van der Waals surface area contributed by atoms with E-state index in [1.165, 1.54) is 54.0 Å². The molecule has 0 N–H and O–H groups in total. The summed E-state index contributed by atoms with van der Waals surface area (Å²) in [5, 5.41) is 5.71. The fraction of sp³-hybridized carbons (Fsp3) is 0.182. The van der Waals surface area contributed by atoms with Crippen LogP contribution in [0.5, 0.6) is 0 Å². The molecule has 2 aromatic heterocycles. The molecule has 0 aliphatic rings. The highest BCUT2D eigenvalue weighted by Crippen LogP contribution is 2.42. The Labute approximate surface area is 145 Å². The Bertz CT molecular complexity index is 1220. The Morgan fingerprint density at radius 2 is 1.62 bits per heavy atom. The standard InChI is InChI=1S/C22H19NS/c1-3-7-14-8-6-10-16-20(14)22-17(23(16)2)12-13-19-21(22)15-9-4-5-11-18(15)24-19/h4-6,8-13H,3,7H2,1-2H3. The van der Waals surface area contributed by atoms with Crippen LogP contribution in [0.15, 0.2) is 54.6 Å². The van der Waals surface area contributed by atoms with Crippen molar-refractivity contribution in [1.29, 1.82) is 0 Å². The molecule has 118 valence electrons. The predicted octanol–water partition coefficient (Wildman–Crippen LogP) is 6.65. The van der Waals surface area contributed by atoms with Gasteiger partial charge < -0.3 is 4.57 Å². The number of thiophene rings is 1. The average molecular weight is 329 g/mol. The molecule has 0 spiro atoms. The molecule has 0 saturated carbocycles. The molecule has 0 fully saturated rings. The second kappa shape index (κ2) is 5.09. The Kier molecular flexibility index (Phi) is 2.98. The molecule has 0 radical (unpaired) electrons. The van der Waals surface area contributed by atoms with E-state index in [1.807, 2.05) is 11.3 Å². The van der Waals surface area contributed by atoms with Crippen molar-refractivity contribution < 1.29 is 0 Å². The van der Waals surface area contributed by atoms with E-state index in [0.29, 0.717) is 0 Å². The summed E-state index contributed by atoms with van der Waals surface area (Å²) >= 11 is 1.90. The summed E-state index contributed by atoms with van der Waals surface area (Å²) in [7, 11) is 2.20. The van der Waals surface area contributed by atoms with E-state index in [1.54, 1.807) is 0 Å². The lowest BCUT2D eigenvalue weighted by atomic mass is 9.99. The van der Waals surface area contributed by atoms with E-state index in [4.69, 9.17) is 0 Å². The van der Waals surface area contributed by atoms with Crippen molar-refractivity contribution in [2.75, 3.05) is 0 Å². The molecule has 5 aromatic rings. The minimum absolute atomic E-state index is 1.13. The number of aryl methyl sites for hydroxylation is 2. The van der Waals surface area contributed by atoms with Crippen LogP contribution in [0.4, 0.5) is 0 Å². The molecule has 0 saturated heterocycles. The lowest BCUT2D eigenvalue weighted by Crippen LogP contribution is -1.87. The van der Waals surface area contributed by atoms with Crippen molar-refractivity contribution in [3.05, 3.63) is 60.2 Å². The van der Waals surface area contributed by atoms with Gasteiger partial charge in [0.05, 0.1) is 0 Å². The maximum absolute atomic E-state index is 2.36. The van der Waals surface area contributed by atoms with E-state index >= 15 is 0 Å². The van der Waals surface area contributed by atoms with Crippen LogP contribution in [0.2, 0.25) is 0 Å². The number of nitrogens with zero attached hydrogens (tertiary/aromatic N) is 1. The lowest BCUT2D eigenvalue weighted by Gasteiger charge is -2.03. The minimum Gasteiger partial charge on any atom is -0.344 e. The predicted molar refractivity (Wildman–Crippen MR) is 107 cm³/mol. The van der Waals surface area contributed by atoms with Gasteiger partial charge in [0.15, 0.2) is 0 Å². The molecule has 1 nitrogen and oxygen atoms in total. The van der Waals surface area contributed by atoms with Gasteiger partial charge in [0.25, 0.3) is 0 Å². The summed E-state index contributed by atoms with van der Waals surface area (Å²) in [6, 6.07) is 20.2. The second-order valence-corrected chi connectivity index (χ2v) is 7.64. The zero-order valence-electron chi connectivity index (χ0n) is 14.0. The molecular formula is C22H19NS. The summed E-state index contributed by atoms with van der Waals surface area (Å²) in [5.41, 5.74) is 4.16. The molecule has 5 rings (SSSR count). The first kappa shape index (κ1) is 14.1. The van der Waals surface area contributed by atoms with Gasteiger partial charge in [-0.25, -0.2) is 0 Å². The zero-order chi connectivity index (χ0) is 16.3. The number of rotatable bonds is 2. The van der Waals surface area contributed by atoms with Crippen LogP contribution in [0.1, 0.15) is 18.9 Å². The molecule has 0 bridgehead atoms. The highest BCUT2D eigenvalue weighted by atomic mass is 32.1. The Morgan fingerprint density at radius 1 is 0.792 bits per heavy atom. The third-order valence-corrected chi connectivity index (χ3v) is 6.28. The first-order valence-electron chi connectivity index (χ1n) is 8.60. The average Bonchev–Trinajstić information content (AvgIpc) is 3.12. The third kappa shape index (κ3) is 1.75. The monoisotopic (exact) mass is 329 g/mol. The molecule has 2 heterocycles. The van der Waals surface area contributed by atoms with E-state index in [9.17, 15) is 0 Å². The van der Waals surface area contributed by atoms with Gasteiger partial charge in [-0.2, -0.15) is 0 Å². The first-order valence-corrected chi connectivity index (χ1v) is 9.41. The molecule has 2 heteroatoms. The van der Waals surface area contributed by atoms with Crippen molar-refractivity contribution in [3.63, 3.8) is 0 Å². The van der Waals surface area contributed by atoms with Crippen molar-refractivity contribution in [3.8, 4) is 0 Å². The number of fused-ring (bicyclic) bond motifs is 7. The Balaban J connectivity index is 2.12. The molecule has 24 heavy (non-hydrogen) atoms. The number of hydrogen-bond donors (Lipinski definition) is 0. The summed E-state index contributed by atoms with van der Waals surface area (Å²) in [4.78, 5) is 0. The van der Waals surface area contributed by atoms with Gasteiger partial charge in [0.2, 0.25) is 0 Å². The van der Waals surface area contributed by atoms with Gasteiger partial charge in [0, 0.05) is 49.0 Å². The first-order chi connectivity index (χ1) is 11.8. The molecule has 0 atom stereocenters. The SMILES string of the molecule is CCCc1cccc2c1c1c3c(ccc1n2C)sc1ccccc13. The second-order valence-electron chi connectivity index (χ2n) is 6.55. The van der Waals surface area contributed by atoms with E-state index in [2.05, 4.69) is 73.1 Å². The molecule has 0 aliphatic heterocycles. The summed E-state index contributed by atoms with van der Waals surface area (Å²) in [5.74, 6) is 0. The highest BCUT2D eigenvalue weighted by molar-refractivity contribution is 7.26. The van der Waals surface area contributed by atoms with Crippen LogP contribution >= 0.6 is 11.3 Å². The van der Waals surface area contributed by atoms with Crippen LogP contribution < -0.4 is 0 Å². The van der Waals surface area contributed by atoms with Crippen LogP contribution in [-0.4, -0.2) is 4.57 Å². The molecule has 0 amide bonds. The van der Waals surface area contributed by atoms with Crippen LogP contribution in [0.25, 0.3) is 42.0 Å². The fourth-order valence-electron chi connectivity index (χ4n) is 4.10. The van der Waals surface area contributed by atoms with Gasteiger partial charge in [-0.3, -0.25) is 0 Å². The normalized spacial score (nSPS) is 12.1. The van der Waals surface area contributed by atoms with Crippen molar-refractivity contribution in [2.45, 2.75) is 19.8 Å². The van der Waals surface area contributed by atoms with Gasteiger partial charge in [-0.1, -0.05) is 43.7 Å². The largest absolute Gasteiger partial charge is 0.344 e. The summed E-state index contributed by atoms with van der Waals surface area (Å²) in [6.07, 6.45) is 2.31. The topological polar surface area (TPSA) is 4.93 Å². The quantitative estimate of drug-likeness (QED) is 0.341. The van der Waals surface area contributed by atoms with Gasteiger partial charge in [-0.15, -0.1) is 11.3 Å². The number of aromatic nitrogens is 1. The molecule has 0 unspecified atom stereocenters. The van der Waals surface area contributed by atoms with Crippen LogP contribution in [0.3, 0.4) is 0 Å². The lowest BCUT2D eigenvalue weighted by molar-refractivity contribution is 0.929. The number of hydrogen-bond acceptors (Lipinski definition) is 1. The zero-order valence-corrected chi connectivity index (χ0v) is 14.8. The maximum Gasteiger partial charge on any atom is 0.0496 e. The van der Waals surface area contributed by atoms with Crippen molar-refractivity contribution in [2.24, 2.45) is 7.05 Å². The smallest absolute Gasteiger partial charge is 0.0496 e. The number of benzene rings is 3. The Hall–Kier alpha value is -2.32. The summed E-state index contributed by atoms with van der Waals surface area (Å²) in [6.45, 7) is 2.26. The molecule has 3 aromatic carbocycles. The summed E-state index contributed by atoms with van der Waals surface area (Å²) < 4.78 is 5.13. The van der Waals surface area contributed by atoms with Gasteiger partial charge in [0.1, 0.15) is 0 Å². The van der Waals surface area contributed by atoms with E-state index < -0.39 is 0 Å². The van der Waals surface area contributed by atoms with E-state index in [-0.39, 0.29) is 0 Å². The van der Waals surface area contributed by atoms with Gasteiger partial charge >= 0.3 is 0 Å². The fourth-order valence-corrected chi connectivity index (χ4v) is 5.21. The molecular weight excluding hydrogens is 310 g/mol. The van der Waals surface area contributed by atoms with Crippen LogP contribution in [-0.2, 0) is 13.5 Å².